The summed E-state index contributed by atoms with van der Waals surface area (Å²) in [6.07, 6.45) is 0.528. The lowest BCUT2D eigenvalue weighted by molar-refractivity contribution is -0.153. The fraction of sp³-hybridized carbons (Fsp3) is 0.400. The quantitative estimate of drug-likeness (QED) is 0.551. The highest BCUT2D eigenvalue weighted by molar-refractivity contribution is 7.89. The molecule has 0 aromatic heterocycles. The van der Waals surface area contributed by atoms with Gasteiger partial charge in [-0.15, -0.1) is 0 Å². The van der Waals surface area contributed by atoms with E-state index in [1.165, 1.54) is 11.9 Å². The second-order valence-corrected chi connectivity index (χ2v) is 10.8. The average Bonchev–Trinajstić information content (AvgIpc) is 3.36. The number of rotatable bonds is 8. The normalized spacial score (nSPS) is 20.0. The van der Waals surface area contributed by atoms with Gasteiger partial charge in [0.2, 0.25) is 15.9 Å². The van der Waals surface area contributed by atoms with Gasteiger partial charge in [-0.25, -0.2) is 17.5 Å². The van der Waals surface area contributed by atoms with Crippen LogP contribution in [0.5, 0.6) is 0 Å². The van der Waals surface area contributed by atoms with Crippen LogP contribution in [0.25, 0.3) is 0 Å². The number of amides is 3. The van der Waals surface area contributed by atoms with Crippen molar-refractivity contribution < 1.29 is 27.5 Å². The molecule has 0 bridgehead atoms. The van der Waals surface area contributed by atoms with E-state index in [1.807, 2.05) is 36.4 Å². The summed E-state index contributed by atoms with van der Waals surface area (Å²) < 4.78 is 32.8. The van der Waals surface area contributed by atoms with Crippen LogP contribution in [0.15, 0.2) is 60.7 Å². The third-order valence-corrected chi connectivity index (χ3v) is 8.11. The molecule has 2 aliphatic rings. The van der Waals surface area contributed by atoms with Crippen molar-refractivity contribution >= 4 is 27.9 Å². The van der Waals surface area contributed by atoms with Crippen molar-refractivity contribution in [1.29, 1.82) is 0 Å². The molecule has 0 radical (unpaired) electrons. The van der Waals surface area contributed by atoms with Crippen molar-refractivity contribution in [2.24, 2.45) is 0 Å². The molecule has 2 aromatic rings. The van der Waals surface area contributed by atoms with E-state index in [2.05, 4.69) is 0 Å². The Labute approximate surface area is 205 Å². The van der Waals surface area contributed by atoms with Crippen molar-refractivity contribution in [3.8, 4) is 0 Å². The highest BCUT2D eigenvalue weighted by atomic mass is 32.2. The summed E-state index contributed by atoms with van der Waals surface area (Å²) in [6, 6.07) is 16.3. The lowest BCUT2D eigenvalue weighted by Crippen LogP contribution is -2.65. The summed E-state index contributed by atoms with van der Waals surface area (Å²) in [6.45, 7) is 0.331. The van der Waals surface area contributed by atoms with E-state index in [4.69, 9.17) is 4.74 Å². The minimum Gasteiger partial charge on any atom is -0.445 e. The number of carbonyl (C=O) groups is 3. The minimum absolute atomic E-state index is 0.0620. The molecule has 10 heteroatoms. The number of fused-ring (bicyclic) bond motifs is 1. The molecule has 2 saturated heterocycles. The van der Waals surface area contributed by atoms with E-state index in [-0.39, 0.29) is 25.5 Å². The zero-order chi connectivity index (χ0) is 25.0. The molecule has 0 saturated carbocycles. The summed E-state index contributed by atoms with van der Waals surface area (Å²) in [7, 11) is -2.75. The van der Waals surface area contributed by atoms with Gasteiger partial charge in [0.1, 0.15) is 18.7 Å². The van der Waals surface area contributed by atoms with Crippen LogP contribution in [0.2, 0.25) is 0 Å². The van der Waals surface area contributed by atoms with Crippen LogP contribution in [0, 0.1) is 0 Å². The minimum atomic E-state index is -4.18. The summed E-state index contributed by atoms with van der Waals surface area (Å²) in [5.41, 5.74) is 1.57. The topological polar surface area (TPSA) is 104 Å². The monoisotopic (exact) mass is 499 g/mol. The van der Waals surface area contributed by atoms with Gasteiger partial charge in [0.15, 0.2) is 0 Å². The molecular weight excluding hydrogens is 470 g/mol. The Bertz CT molecular complexity index is 1170. The number of carbonyl (C=O) groups excluding carboxylic acids is 3. The first-order valence-corrected chi connectivity index (χ1v) is 13.2. The summed E-state index contributed by atoms with van der Waals surface area (Å²) in [5, 5.41) is 0. The maximum Gasteiger partial charge on any atom is 0.409 e. The van der Waals surface area contributed by atoms with Gasteiger partial charge in [0, 0.05) is 26.6 Å². The zero-order valence-electron chi connectivity index (χ0n) is 19.6. The Balaban J connectivity index is 1.46. The molecule has 4 rings (SSSR count). The van der Waals surface area contributed by atoms with E-state index in [0.29, 0.717) is 19.4 Å². The number of nitrogens with zero attached hydrogens (tertiary/aromatic N) is 3. The number of sulfonamides is 1. The molecule has 1 unspecified atom stereocenters. The number of benzene rings is 2. The van der Waals surface area contributed by atoms with E-state index in [9.17, 15) is 22.8 Å². The number of piperazine rings is 1. The van der Waals surface area contributed by atoms with Gasteiger partial charge in [-0.1, -0.05) is 60.7 Å². The predicted octanol–water partition coefficient (Wildman–Crippen LogP) is 2.03. The molecule has 2 atom stereocenters. The van der Waals surface area contributed by atoms with E-state index < -0.39 is 39.9 Å². The van der Waals surface area contributed by atoms with E-state index in [0.717, 1.165) is 20.3 Å². The van der Waals surface area contributed by atoms with Gasteiger partial charge in [-0.2, -0.15) is 0 Å². The predicted molar refractivity (Wildman–Crippen MR) is 129 cm³/mol. The zero-order valence-corrected chi connectivity index (χ0v) is 20.4. The van der Waals surface area contributed by atoms with Crippen molar-refractivity contribution in [3.05, 3.63) is 71.8 Å². The van der Waals surface area contributed by atoms with Crippen LogP contribution in [0.1, 0.15) is 24.0 Å². The Kier molecular flexibility index (Phi) is 7.39. The third kappa shape index (κ3) is 5.48. The first kappa shape index (κ1) is 24.7. The standard InChI is InChI=1S/C25H29N3O6S/c1-26(25(31)34-18-20-11-6-3-7-12-20)15-16-35(32,33)28-22(17-19-9-4-2-5-10-19)23(29)27-14-8-13-21(27)24(28)30/h2-7,9-12,21-22H,8,13-18H2,1H3/t21?,22-/m0/s1. The molecule has 3 amide bonds. The molecule has 0 N–H and O–H groups in total. The number of hydrogen-bond donors (Lipinski definition) is 0. The molecule has 2 fully saturated rings. The Morgan fingerprint density at radius 3 is 2.29 bits per heavy atom. The Morgan fingerprint density at radius 2 is 1.63 bits per heavy atom. The van der Waals surface area contributed by atoms with Crippen LogP contribution in [-0.2, 0) is 37.4 Å². The lowest BCUT2D eigenvalue weighted by Gasteiger charge is -2.41. The van der Waals surface area contributed by atoms with Gasteiger partial charge >= 0.3 is 6.09 Å². The molecule has 2 heterocycles. The van der Waals surface area contributed by atoms with Crippen LogP contribution in [0.3, 0.4) is 0 Å². The molecular formula is C25H29N3O6S. The largest absolute Gasteiger partial charge is 0.445 e. The van der Waals surface area contributed by atoms with Crippen LogP contribution >= 0.6 is 0 Å². The van der Waals surface area contributed by atoms with Crippen LogP contribution < -0.4 is 0 Å². The first-order valence-electron chi connectivity index (χ1n) is 11.6. The smallest absolute Gasteiger partial charge is 0.409 e. The van der Waals surface area contributed by atoms with Crippen LogP contribution in [-0.4, -0.2) is 78.4 Å². The number of ether oxygens (including phenoxy) is 1. The van der Waals surface area contributed by atoms with Crippen molar-refractivity contribution in [2.75, 3.05) is 25.9 Å². The van der Waals surface area contributed by atoms with E-state index in [1.54, 1.807) is 24.3 Å². The summed E-state index contributed by atoms with van der Waals surface area (Å²) >= 11 is 0. The van der Waals surface area contributed by atoms with E-state index >= 15 is 0 Å². The van der Waals surface area contributed by atoms with Crippen molar-refractivity contribution in [1.82, 2.24) is 14.1 Å². The van der Waals surface area contributed by atoms with Gasteiger partial charge in [0.05, 0.1) is 5.75 Å². The third-order valence-electron chi connectivity index (χ3n) is 6.38. The highest BCUT2D eigenvalue weighted by Crippen LogP contribution is 2.30. The van der Waals surface area contributed by atoms with Crippen LogP contribution in [0.4, 0.5) is 4.79 Å². The van der Waals surface area contributed by atoms with Gasteiger partial charge < -0.3 is 14.5 Å². The van der Waals surface area contributed by atoms with Gasteiger partial charge in [0.25, 0.3) is 5.91 Å². The van der Waals surface area contributed by atoms with Gasteiger partial charge in [-0.05, 0) is 24.0 Å². The molecule has 186 valence electrons. The average molecular weight is 500 g/mol. The first-order chi connectivity index (χ1) is 16.8. The fourth-order valence-electron chi connectivity index (χ4n) is 4.49. The molecule has 2 aliphatic heterocycles. The molecule has 35 heavy (non-hydrogen) atoms. The molecule has 2 aromatic carbocycles. The lowest BCUT2D eigenvalue weighted by atomic mass is 10.0. The van der Waals surface area contributed by atoms with Crippen molar-refractivity contribution in [3.63, 3.8) is 0 Å². The van der Waals surface area contributed by atoms with Gasteiger partial charge in [-0.3, -0.25) is 9.59 Å². The maximum atomic E-state index is 13.4. The number of hydrogen-bond acceptors (Lipinski definition) is 6. The second kappa shape index (κ2) is 10.5. The summed E-state index contributed by atoms with van der Waals surface area (Å²) in [4.78, 5) is 41.6. The Morgan fingerprint density at radius 1 is 1.00 bits per heavy atom. The van der Waals surface area contributed by atoms with Crippen molar-refractivity contribution in [2.45, 2.75) is 38.0 Å². The molecule has 9 nitrogen and oxygen atoms in total. The fourth-order valence-corrected chi connectivity index (χ4v) is 6.14. The maximum absolute atomic E-state index is 13.4. The Hall–Kier alpha value is -3.40. The highest BCUT2D eigenvalue weighted by Gasteiger charge is 2.51. The SMILES string of the molecule is CN(CCS(=O)(=O)N1C(=O)C2CCCN2C(=O)[C@@H]1Cc1ccccc1)C(=O)OCc1ccccc1. The summed E-state index contributed by atoms with van der Waals surface area (Å²) in [5.74, 6) is -1.42. The second-order valence-electron chi connectivity index (χ2n) is 8.81. The molecule has 0 spiro atoms. The molecule has 0 aliphatic carbocycles.